The third-order valence-electron chi connectivity index (χ3n) is 5.57. The van der Waals surface area contributed by atoms with E-state index in [-0.39, 0.29) is 11.2 Å². The Morgan fingerprint density at radius 1 is 1.08 bits per heavy atom. The lowest BCUT2D eigenvalue weighted by atomic mass is 9.71. The van der Waals surface area contributed by atoms with Crippen molar-refractivity contribution in [2.24, 2.45) is 0 Å². The first-order chi connectivity index (χ1) is 12.6. The SMILES string of the molecule is C/C=C1\C(=C/C)c2ccc(C(=O)c3ccco3)cc2C1(CCC)CCC. The van der Waals surface area contributed by atoms with E-state index in [1.807, 2.05) is 6.07 Å². The Kier molecular flexibility index (Phi) is 5.31. The summed E-state index contributed by atoms with van der Waals surface area (Å²) in [6.45, 7) is 8.74. The van der Waals surface area contributed by atoms with E-state index in [0.717, 1.165) is 25.7 Å². The third kappa shape index (κ3) is 2.78. The van der Waals surface area contributed by atoms with E-state index in [9.17, 15) is 4.79 Å². The molecule has 0 spiro atoms. The second-order valence-corrected chi connectivity index (χ2v) is 7.05. The van der Waals surface area contributed by atoms with Crippen LogP contribution in [0.15, 0.2) is 58.7 Å². The zero-order chi connectivity index (χ0) is 18.7. The smallest absolute Gasteiger partial charge is 0.228 e. The number of hydrogen-bond donors (Lipinski definition) is 0. The number of carbonyl (C=O) groups excluding carboxylic acids is 1. The highest BCUT2D eigenvalue weighted by Crippen LogP contribution is 2.55. The van der Waals surface area contributed by atoms with Crippen molar-refractivity contribution in [2.45, 2.75) is 58.8 Å². The summed E-state index contributed by atoms with van der Waals surface area (Å²) in [6.07, 6.45) is 10.5. The molecule has 0 saturated heterocycles. The van der Waals surface area contributed by atoms with Crippen LogP contribution in [0, 0.1) is 0 Å². The highest BCUT2D eigenvalue weighted by atomic mass is 16.3. The Balaban J connectivity index is 2.20. The summed E-state index contributed by atoms with van der Waals surface area (Å²) in [4.78, 5) is 12.8. The molecule has 1 aliphatic carbocycles. The second-order valence-electron chi connectivity index (χ2n) is 7.05. The molecule has 0 N–H and O–H groups in total. The number of hydrogen-bond acceptors (Lipinski definition) is 2. The molecular formula is C24H28O2. The first-order valence-electron chi connectivity index (χ1n) is 9.69. The van der Waals surface area contributed by atoms with Crippen LogP contribution in [0.5, 0.6) is 0 Å². The Bertz CT molecular complexity index is 844. The number of benzene rings is 1. The largest absolute Gasteiger partial charge is 0.461 e. The summed E-state index contributed by atoms with van der Waals surface area (Å²) in [5.41, 5.74) is 6.04. The summed E-state index contributed by atoms with van der Waals surface area (Å²) in [5.74, 6) is 0.354. The molecule has 0 bridgehead atoms. The number of carbonyl (C=O) groups is 1. The van der Waals surface area contributed by atoms with Crippen molar-refractivity contribution >= 4 is 11.4 Å². The molecule has 136 valence electrons. The van der Waals surface area contributed by atoms with Crippen molar-refractivity contribution in [1.29, 1.82) is 0 Å². The minimum atomic E-state index is -0.0457. The van der Waals surface area contributed by atoms with Crippen LogP contribution in [0.4, 0.5) is 0 Å². The molecule has 0 saturated carbocycles. The van der Waals surface area contributed by atoms with E-state index in [0.29, 0.717) is 11.3 Å². The van der Waals surface area contributed by atoms with E-state index < -0.39 is 0 Å². The maximum Gasteiger partial charge on any atom is 0.228 e. The zero-order valence-corrected chi connectivity index (χ0v) is 16.3. The predicted molar refractivity (Wildman–Crippen MR) is 107 cm³/mol. The van der Waals surface area contributed by atoms with Crippen molar-refractivity contribution in [2.75, 3.05) is 0 Å². The van der Waals surface area contributed by atoms with Gasteiger partial charge in [-0.15, -0.1) is 0 Å². The van der Waals surface area contributed by atoms with Crippen LogP contribution in [0.25, 0.3) is 5.57 Å². The fraction of sp³-hybridized carbons (Fsp3) is 0.375. The highest BCUT2D eigenvalue weighted by Gasteiger charge is 2.43. The predicted octanol–water partition coefficient (Wildman–Crippen LogP) is 6.71. The maximum atomic E-state index is 12.8. The van der Waals surface area contributed by atoms with Crippen LogP contribution in [-0.4, -0.2) is 5.78 Å². The molecule has 0 atom stereocenters. The van der Waals surface area contributed by atoms with Crippen LogP contribution in [-0.2, 0) is 5.41 Å². The Hall–Kier alpha value is -2.35. The van der Waals surface area contributed by atoms with Gasteiger partial charge < -0.3 is 4.42 Å². The lowest BCUT2D eigenvalue weighted by molar-refractivity contribution is 0.101. The molecule has 2 nitrogen and oxygen atoms in total. The number of rotatable bonds is 6. The average molecular weight is 348 g/mol. The van der Waals surface area contributed by atoms with Crippen LogP contribution in [0.3, 0.4) is 0 Å². The van der Waals surface area contributed by atoms with E-state index >= 15 is 0 Å². The standard InChI is InChI=1S/C24H28O2/c1-5-13-24(14-6-2)20(8-4)18(7-3)19-12-11-17(16-21(19)24)23(25)22-10-9-15-26-22/h7-12,15-16H,5-6,13-14H2,1-4H3/b18-7-,20-8+. The number of furan rings is 1. The summed E-state index contributed by atoms with van der Waals surface area (Å²) >= 11 is 0. The number of fused-ring (bicyclic) bond motifs is 1. The minimum absolute atomic E-state index is 0.00881. The number of ketones is 1. The first-order valence-corrected chi connectivity index (χ1v) is 9.69. The van der Waals surface area contributed by atoms with Gasteiger partial charge in [0, 0.05) is 11.0 Å². The second kappa shape index (κ2) is 7.49. The molecule has 0 aliphatic heterocycles. The summed E-state index contributed by atoms with van der Waals surface area (Å²) in [5, 5.41) is 0. The van der Waals surface area contributed by atoms with Gasteiger partial charge >= 0.3 is 0 Å². The van der Waals surface area contributed by atoms with E-state index in [1.54, 1.807) is 18.4 Å². The average Bonchev–Trinajstić information content (AvgIpc) is 3.27. The molecule has 2 heteroatoms. The summed E-state index contributed by atoms with van der Waals surface area (Å²) < 4.78 is 5.33. The van der Waals surface area contributed by atoms with Gasteiger partial charge in [0.15, 0.2) is 5.76 Å². The fourth-order valence-electron chi connectivity index (χ4n) is 4.67. The van der Waals surface area contributed by atoms with Crippen molar-refractivity contribution in [3.05, 3.63) is 76.8 Å². The van der Waals surface area contributed by atoms with Crippen LogP contribution in [0.2, 0.25) is 0 Å². The molecule has 1 aromatic heterocycles. The van der Waals surface area contributed by atoms with Crippen LogP contribution in [0.1, 0.15) is 80.6 Å². The van der Waals surface area contributed by atoms with Gasteiger partial charge in [-0.25, -0.2) is 0 Å². The maximum absolute atomic E-state index is 12.8. The van der Waals surface area contributed by atoms with Crippen molar-refractivity contribution in [3.63, 3.8) is 0 Å². The molecular weight excluding hydrogens is 320 g/mol. The fourth-order valence-corrected chi connectivity index (χ4v) is 4.67. The molecule has 2 aromatic rings. The van der Waals surface area contributed by atoms with Gasteiger partial charge in [0.2, 0.25) is 5.78 Å². The van der Waals surface area contributed by atoms with Crippen molar-refractivity contribution in [1.82, 2.24) is 0 Å². The topological polar surface area (TPSA) is 30.2 Å². The van der Waals surface area contributed by atoms with Gasteiger partial charge in [-0.1, -0.05) is 51.0 Å². The Morgan fingerprint density at radius 3 is 2.35 bits per heavy atom. The minimum Gasteiger partial charge on any atom is -0.461 e. The monoisotopic (exact) mass is 348 g/mol. The van der Waals surface area contributed by atoms with Crippen LogP contribution < -0.4 is 0 Å². The molecule has 0 fully saturated rings. The van der Waals surface area contributed by atoms with E-state index in [2.05, 4.69) is 52.0 Å². The Morgan fingerprint density at radius 2 is 1.81 bits per heavy atom. The molecule has 1 aliphatic rings. The zero-order valence-electron chi connectivity index (χ0n) is 16.3. The van der Waals surface area contributed by atoms with Gasteiger partial charge in [0.25, 0.3) is 0 Å². The lowest BCUT2D eigenvalue weighted by Crippen LogP contribution is -2.25. The molecule has 0 unspecified atom stereocenters. The van der Waals surface area contributed by atoms with Gasteiger partial charge in [-0.3, -0.25) is 4.79 Å². The molecule has 3 rings (SSSR count). The van der Waals surface area contributed by atoms with E-state index in [4.69, 9.17) is 4.42 Å². The quantitative estimate of drug-likeness (QED) is 0.543. The van der Waals surface area contributed by atoms with E-state index in [1.165, 1.54) is 22.3 Å². The van der Waals surface area contributed by atoms with Gasteiger partial charge in [-0.05, 0) is 67.2 Å². The number of allylic oxidation sites excluding steroid dienone is 4. The van der Waals surface area contributed by atoms with Gasteiger partial charge in [0.05, 0.1) is 6.26 Å². The van der Waals surface area contributed by atoms with Crippen LogP contribution >= 0.6 is 0 Å². The van der Waals surface area contributed by atoms with Gasteiger partial charge in [-0.2, -0.15) is 0 Å². The molecule has 1 heterocycles. The molecule has 0 amide bonds. The van der Waals surface area contributed by atoms with Crippen molar-refractivity contribution < 1.29 is 9.21 Å². The highest BCUT2D eigenvalue weighted by molar-refractivity contribution is 6.08. The normalized spacial score (nSPS) is 18.5. The molecule has 26 heavy (non-hydrogen) atoms. The Labute approximate surface area is 156 Å². The molecule has 0 radical (unpaired) electrons. The summed E-state index contributed by atoms with van der Waals surface area (Å²) in [7, 11) is 0. The third-order valence-corrected chi connectivity index (χ3v) is 5.57. The van der Waals surface area contributed by atoms with Crippen molar-refractivity contribution in [3.8, 4) is 0 Å². The molecule has 1 aromatic carbocycles. The van der Waals surface area contributed by atoms with Gasteiger partial charge in [0.1, 0.15) is 0 Å². The first kappa shape index (κ1) is 18.4. The summed E-state index contributed by atoms with van der Waals surface area (Å²) in [6, 6.07) is 9.67. The lowest BCUT2D eigenvalue weighted by Gasteiger charge is -2.32.